The van der Waals surface area contributed by atoms with Gasteiger partial charge in [-0.25, -0.2) is 4.98 Å². The molecule has 1 N–H and O–H groups in total. The Morgan fingerprint density at radius 2 is 1.78 bits per heavy atom. The number of nitrogens with one attached hydrogen (secondary N) is 1. The third kappa shape index (κ3) is 5.87. The highest BCUT2D eigenvalue weighted by Crippen LogP contribution is 2.27. The van der Waals surface area contributed by atoms with Crippen LogP contribution in [-0.2, 0) is 17.8 Å². The summed E-state index contributed by atoms with van der Waals surface area (Å²) in [6, 6.07) is 14.4. The van der Waals surface area contributed by atoms with E-state index in [1.165, 1.54) is 17.0 Å². The van der Waals surface area contributed by atoms with E-state index in [2.05, 4.69) is 10.3 Å². The highest BCUT2D eigenvalue weighted by molar-refractivity contribution is 5.75. The molecule has 0 bridgehead atoms. The van der Waals surface area contributed by atoms with Crippen LogP contribution in [0.25, 0.3) is 11.3 Å². The molecule has 0 spiro atoms. The molecule has 0 aliphatic heterocycles. The van der Waals surface area contributed by atoms with Gasteiger partial charge in [0.15, 0.2) is 11.5 Å². The predicted octanol–water partition coefficient (Wildman–Crippen LogP) is 2.69. The molecule has 0 aliphatic carbocycles. The summed E-state index contributed by atoms with van der Waals surface area (Å²) in [6.07, 6.45) is 2.01. The van der Waals surface area contributed by atoms with Crippen molar-refractivity contribution in [2.24, 2.45) is 0 Å². The molecule has 8 heteroatoms. The highest BCUT2D eigenvalue weighted by atomic mass is 16.5. The first-order valence-corrected chi connectivity index (χ1v) is 10.3. The minimum absolute atomic E-state index is 0.0959. The van der Waals surface area contributed by atoms with Crippen molar-refractivity contribution in [3.05, 3.63) is 70.8 Å². The third-order valence-electron chi connectivity index (χ3n) is 4.84. The van der Waals surface area contributed by atoms with Gasteiger partial charge in [0, 0.05) is 18.2 Å². The van der Waals surface area contributed by atoms with E-state index in [1.807, 2.05) is 49.4 Å². The van der Waals surface area contributed by atoms with Crippen LogP contribution in [-0.4, -0.2) is 42.8 Å². The summed E-state index contributed by atoms with van der Waals surface area (Å²) in [6.45, 7) is 2.84. The maximum atomic E-state index is 12.4. The normalized spacial score (nSPS) is 10.5. The molecule has 0 unspecified atom stereocenters. The largest absolute Gasteiger partial charge is 0.494 e. The van der Waals surface area contributed by atoms with Gasteiger partial charge in [0.25, 0.3) is 5.56 Å². The summed E-state index contributed by atoms with van der Waals surface area (Å²) >= 11 is 0. The van der Waals surface area contributed by atoms with E-state index in [1.54, 1.807) is 14.2 Å². The first-order valence-electron chi connectivity index (χ1n) is 10.3. The minimum Gasteiger partial charge on any atom is -0.494 e. The molecule has 0 saturated carbocycles. The molecule has 168 valence electrons. The molecule has 2 aromatic carbocycles. The lowest BCUT2D eigenvalue weighted by molar-refractivity contribution is -0.121. The minimum atomic E-state index is -0.293. The number of nitrogens with zero attached hydrogens (tertiary/aromatic N) is 2. The van der Waals surface area contributed by atoms with Crippen molar-refractivity contribution < 1.29 is 19.0 Å². The molecule has 0 saturated heterocycles. The Bertz CT molecular complexity index is 1110. The fourth-order valence-corrected chi connectivity index (χ4v) is 3.18. The van der Waals surface area contributed by atoms with Crippen LogP contribution < -0.4 is 25.1 Å². The second kappa shape index (κ2) is 11.0. The lowest BCUT2D eigenvalue weighted by Gasteiger charge is -2.11. The lowest BCUT2D eigenvalue weighted by atomic mass is 10.1. The smallest absolute Gasteiger partial charge is 0.254 e. The predicted molar refractivity (Wildman–Crippen MR) is 121 cm³/mol. The maximum absolute atomic E-state index is 12.4. The molecule has 0 atom stereocenters. The molecule has 1 aromatic heterocycles. The lowest BCUT2D eigenvalue weighted by Crippen LogP contribution is -2.33. The van der Waals surface area contributed by atoms with Crippen LogP contribution in [0.2, 0.25) is 0 Å². The topological polar surface area (TPSA) is 91.7 Å². The number of amides is 1. The Balaban J connectivity index is 1.55. The molecule has 32 heavy (non-hydrogen) atoms. The van der Waals surface area contributed by atoms with E-state index in [9.17, 15) is 9.59 Å². The Hall–Kier alpha value is -3.81. The van der Waals surface area contributed by atoms with Crippen molar-refractivity contribution in [1.29, 1.82) is 0 Å². The Labute approximate surface area is 186 Å². The summed E-state index contributed by atoms with van der Waals surface area (Å²) in [5, 5.41) is 2.83. The molecular weight excluding hydrogens is 410 g/mol. The zero-order valence-corrected chi connectivity index (χ0v) is 18.5. The highest BCUT2D eigenvalue weighted by Gasteiger charge is 2.09. The zero-order valence-electron chi connectivity index (χ0n) is 18.5. The Kier molecular flexibility index (Phi) is 7.85. The van der Waals surface area contributed by atoms with E-state index >= 15 is 0 Å². The van der Waals surface area contributed by atoms with E-state index in [0.29, 0.717) is 36.8 Å². The van der Waals surface area contributed by atoms with Crippen molar-refractivity contribution >= 4 is 5.91 Å². The molecule has 3 aromatic rings. The van der Waals surface area contributed by atoms with Crippen LogP contribution in [0.4, 0.5) is 0 Å². The monoisotopic (exact) mass is 437 g/mol. The van der Waals surface area contributed by atoms with Crippen LogP contribution in [0, 0.1) is 0 Å². The van der Waals surface area contributed by atoms with Crippen molar-refractivity contribution in [3.63, 3.8) is 0 Å². The van der Waals surface area contributed by atoms with Crippen molar-refractivity contribution in [1.82, 2.24) is 14.9 Å². The van der Waals surface area contributed by atoms with Crippen molar-refractivity contribution in [2.45, 2.75) is 19.9 Å². The fraction of sp³-hybridized carbons (Fsp3) is 0.292. The maximum Gasteiger partial charge on any atom is 0.254 e. The Morgan fingerprint density at radius 3 is 2.44 bits per heavy atom. The quantitative estimate of drug-likeness (QED) is 0.524. The number of carbonyl (C=O) groups excluding carboxylic acids is 1. The Morgan fingerprint density at radius 1 is 1.03 bits per heavy atom. The van der Waals surface area contributed by atoms with Gasteiger partial charge in [-0.1, -0.05) is 6.07 Å². The number of rotatable bonds is 10. The second-order valence-corrected chi connectivity index (χ2v) is 6.99. The summed E-state index contributed by atoms with van der Waals surface area (Å²) in [4.78, 5) is 29.0. The second-order valence-electron chi connectivity index (χ2n) is 6.99. The third-order valence-corrected chi connectivity index (χ3v) is 4.84. The number of ether oxygens (including phenoxy) is 3. The van der Waals surface area contributed by atoms with Crippen LogP contribution in [0.3, 0.4) is 0 Å². The molecule has 1 amide bonds. The number of aromatic nitrogens is 2. The summed E-state index contributed by atoms with van der Waals surface area (Å²) in [5.74, 6) is 1.79. The molecular formula is C24H27N3O5. The number of hydrogen-bond acceptors (Lipinski definition) is 6. The first-order chi connectivity index (χ1) is 15.5. The number of benzene rings is 2. The molecule has 0 aliphatic rings. The van der Waals surface area contributed by atoms with Gasteiger partial charge in [0.1, 0.15) is 12.3 Å². The van der Waals surface area contributed by atoms with E-state index in [-0.39, 0.29) is 18.0 Å². The van der Waals surface area contributed by atoms with Crippen LogP contribution in [0.5, 0.6) is 17.2 Å². The van der Waals surface area contributed by atoms with Gasteiger partial charge in [-0.05, 0) is 55.3 Å². The van der Waals surface area contributed by atoms with E-state index < -0.39 is 0 Å². The van der Waals surface area contributed by atoms with E-state index in [0.717, 1.165) is 16.9 Å². The molecule has 3 rings (SSSR count). The van der Waals surface area contributed by atoms with Gasteiger partial charge in [0.2, 0.25) is 5.91 Å². The van der Waals surface area contributed by atoms with Crippen LogP contribution >= 0.6 is 0 Å². The summed E-state index contributed by atoms with van der Waals surface area (Å²) in [7, 11) is 3.16. The number of carbonyl (C=O) groups is 1. The summed E-state index contributed by atoms with van der Waals surface area (Å²) < 4.78 is 17.2. The van der Waals surface area contributed by atoms with Gasteiger partial charge >= 0.3 is 0 Å². The van der Waals surface area contributed by atoms with Gasteiger partial charge in [-0.2, -0.15) is 0 Å². The first kappa shape index (κ1) is 22.9. The average molecular weight is 437 g/mol. The van der Waals surface area contributed by atoms with E-state index in [4.69, 9.17) is 14.2 Å². The molecule has 1 heterocycles. The SMILES string of the molecule is CCOc1ccc(-c2cc(=O)n(CC(=O)NCCc3ccc(OC)c(OC)c3)cn2)cc1. The van der Waals surface area contributed by atoms with Crippen molar-refractivity contribution in [3.8, 4) is 28.5 Å². The standard InChI is InChI=1S/C24H27N3O5/c1-4-32-19-8-6-18(7-9-19)20-14-24(29)27(16-26-20)15-23(28)25-12-11-17-5-10-21(30-2)22(13-17)31-3/h5-10,13-14,16H,4,11-12,15H2,1-3H3,(H,25,28). The zero-order chi connectivity index (χ0) is 22.9. The summed E-state index contributed by atoms with van der Waals surface area (Å²) in [5.41, 5.74) is 2.06. The average Bonchev–Trinajstić information content (AvgIpc) is 2.81. The van der Waals surface area contributed by atoms with Crippen LogP contribution in [0.15, 0.2) is 59.7 Å². The van der Waals surface area contributed by atoms with Crippen molar-refractivity contribution in [2.75, 3.05) is 27.4 Å². The van der Waals surface area contributed by atoms with Gasteiger partial charge in [-0.3, -0.25) is 14.2 Å². The molecule has 0 fully saturated rings. The van der Waals surface area contributed by atoms with Gasteiger partial charge in [0.05, 0.1) is 32.8 Å². The van der Waals surface area contributed by atoms with Gasteiger partial charge in [-0.15, -0.1) is 0 Å². The van der Waals surface area contributed by atoms with Crippen LogP contribution in [0.1, 0.15) is 12.5 Å². The van der Waals surface area contributed by atoms with Gasteiger partial charge < -0.3 is 19.5 Å². The number of hydrogen-bond donors (Lipinski definition) is 1. The molecule has 0 radical (unpaired) electrons. The number of methoxy groups -OCH3 is 2. The molecule has 8 nitrogen and oxygen atoms in total. The fourth-order valence-electron chi connectivity index (χ4n) is 3.18.